The molecule has 0 saturated carbocycles. The lowest BCUT2D eigenvalue weighted by atomic mass is 9.80. The predicted molar refractivity (Wildman–Crippen MR) is 71.1 cm³/mol. The molecule has 92 valence electrons. The van der Waals surface area contributed by atoms with Crippen LogP contribution in [-0.4, -0.2) is 12.5 Å². The Kier molecular flexibility index (Phi) is 2.86. The highest BCUT2D eigenvalue weighted by Crippen LogP contribution is 2.39. The lowest BCUT2D eigenvalue weighted by molar-refractivity contribution is -0.116. The highest BCUT2D eigenvalue weighted by Gasteiger charge is 2.30. The van der Waals surface area contributed by atoms with Gasteiger partial charge in [0.15, 0.2) is 0 Å². The highest BCUT2D eigenvalue weighted by atomic mass is 16.2. The average molecular weight is 232 g/mol. The maximum absolute atomic E-state index is 11.7. The summed E-state index contributed by atoms with van der Waals surface area (Å²) in [5.74, 6) is 0.0922. The summed E-state index contributed by atoms with van der Waals surface area (Å²) in [4.78, 5) is 13.6. The number of nitrogens with zero attached hydrogens (tertiary/aromatic N) is 1. The molecule has 2 N–H and O–H groups in total. The molecule has 0 atom stereocenters. The Hall–Kier alpha value is -1.51. The van der Waals surface area contributed by atoms with Crippen molar-refractivity contribution < 1.29 is 4.79 Å². The Morgan fingerprint density at radius 2 is 2.12 bits per heavy atom. The van der Waals surface area contributed by atoms with Crippen LogP contribution in [0.2, 0.25) is 0 Å². The van der Waals surface area contributed by atoms with Crippen LogP contribution in [0.5, 0.6) is 0 Å². The van der Waals surface area contributed by atoms with Gasteiger partial charge in [-0.05, 0) is 36.0 Å². The summed E-state index contributed by atoms with van der Waals surface area (Å²) in [6.45, 7) is 6.86. The Morgan fingerprint density at radius 3 is 2.76 bits per heavy atom. The van der Waals surface area contributed by atoms with Crippen LogP contribution in [0, 0.1) is 0 Å². The van der Waals surface area contributed by atoms with E-state index in [-0.39, 0.29) is 11.3 Å². The van der Waals surface area contributed by atoms with Gasteiger partial charge in [-0.1, -0.05) is 19.9 Å². The van der Waals surface area contributed by atoms with E-state index in [1.165, 1.54) is 5.56 Å². The third kappa shape index (κ3) is 2.14. The van der Waals surface area contributed by atoms with Gasteiger partial charge in [-0.3, -0.25) is 4.79 Å². The van der Waals surface area contributed by atoms with Crippen LogP contribution in [0.4, 0.5) is 11.4 Å². The van der Waals surface area contributed by atoms with Gasteiger partial charge in [-0.25, -0.2) is 0 Å². The molecule has 1 aromatic rings. The molecule has 1 aliphatic rings. The van der Waals surface area contributed by atoms with Gasteiger partial charge in [0.1, 0.15) is 0 Å². The van der Waals surface area contributed by atoms with Crippen LogP contribution in [-0.2, 0) is 10.2 Å². The molecule has 3 nitrogen and oxygen atoms in total. The van der Waals surface area contributed by atoms with Crippen molar-refractivity contribution >= 4 is 17.3 Å². The number of rotatable bonds is 0. The highest BCUT2D eigenvalue weighted by molar-refractivity contribution is 5.93. The van der Waals surface area contributed by atoms with E-state index in [4.69, 9.17) is 5.73 Å². The first-order valence-electron chi connectivity index (χ1n) is 6.10. The molecule has 0 radical (unpaired) electrons. The number of carbonyl (C=O) groups is 1. The molecule has 0 aromatic heterocycles. The molecule has 3 heteroatoms. The summed E-state index contributed by atoms with van der Waals surface area (Å²) in [6, 6.07) is 5.90. The molecular formula is C14H20N2O. The first-order valence-corrected chi connectivity index (χ1v) is 6.10. The molecule has 17 heavy (non-hydrogen) atoms. The molecule has 0 unspecified atom stereocenters. The molecule has 0 aliphatic carbocycles. The lowest BCUT2D eigenvalue weighted by Crippen LogP contribution is -2.29. The van der Waals surface area contributed by atoms with Crippen molar-refractivity contribution in [2.24, 2.45) is 0 Å². The molecule has 1 aromatic carbocycles. The predicted octanol–water partition coefficient (Wildman–Crippen LogP) is 2.69. The lowest BCUT2D eigenvalue weighted by Gasteiger charge is -2.27. The molecule has 0 spiro atoms. The number of nitrogen functional groups attached to an aromatic ring is 1. The van der Waals surface area contributed by atoms with E-state index in [2.05, 4.69) is 19.9 Å². The second-order valence-electron chi connectivity index (χ2n) is 5.43. The molecule has 1 aliphatic heterocycles. The van der Waals surface area contributed by atoms with Crippen LogP contribution in [0.15, 0.2) is 18.2 Å². The molecule has 0 bridgehead atoms. The minimum absolute atomic E-state index is 0.0922. The second kappa shape index (κ2) is 4.06. The molecular weight excluding hydrogens is 212 g/mol. The molecule has 0 fully saturated rings. The number of amides is 1. The number of hydrogen-bond donors (Lipinski definition) is 1. The first kappa shape index (κ1) is 12.0. The van der Waals surface area contributed by atoms with Gasteiger partial charge in [-0.15, -0.1) is 0 Å². The molecule has 1 amide bonds. The van der Waals surface area contributed by atoms with Crippen LogP contribution in [0.3, 0.4) is 0 Å². The van der Waals surface area contributed by atoms with Gasteiger partial charge in [0, 0.05) is 24.8 Å². The number of nitrogens with two attached hydrogens (primary N) is 1. The smallest absolute Gasteiger partial charge is 0.223 e. The zero-order valence-electron chi connectivity index (χ0n) is 10.8. The number of carbonyl (C=O) groups excluding carboxylic acids is 1. The third-order valence-electron chi connectivity index (χ3n) is 3.61. The molecule has 1 heterocycles. The average Bonchev–Trinajstić information content (AvgIpc) is 2.34. The largest absolute Gasteiger partial charge is 0.399 e. The van der Waals surface area contributed by atoms with Crippen LogP contribution >= 0.6 is 0 Å². The van der Waals surface area contributed by atoms with Gasteiger partial charge in [0.2, 0.25) is 5.91 Å². The molecule has 2 rings (SSSR count). The van der Waals surface area contributed by atoms with E-state index in [1.54, 1.807) is 6.92 Å². The van der Waals surface area contributed by atoms with Crippen molar-refractivity contribution in [3.63, 3.8) is 0 Å². The fraction of sp³-hybridized carbons (Fsp3) is 0.500. The number of benzene rings is 1. The zero-order chi connectivity index (χ0) is 12.6. The summed E-state index contributed by atoms with van der Waals surface area (Å²) in [5, 5.41) is 0. The van der Waals surface area contributed by atoms with Gasteiger partial charge in [0.05, 0.1) is 0 Å². The van der Waals surface area contributed by atoms with E-state index in [0.717, 1.165) is 25.1 Å². The van der Waals surface area contributed by atoms with Crippen LogP contribution in [0.1, 0.15) is 39.2 Å². The van der Waals surface area contributed by atoms with Crippen molar-refractivity contribution in [2.45, 2.75) is 39.0 Å². The summed E-state index contributed by atoms with van der Waals surface area (Å²) < 4.78 is 0. The Morgan fingerprint density at radius 1 is 1.41 bits per heavy atom. The zero-order valence-corrected chi connectivity index (χ0v) is 10.8. The summed E-state index contributed by atoms with van der Waals surface area (Å²) in [5.41, 5.74) is 8.87. The van der Waals surface area contributed by atoms with Crippen molar-refractivity contribution in [1.82, 2.24) is 0 Å². The number of hydrogen-bond acceptors (Lipinski definition) is 2. The Bertz CT molecular complexity index is 452. The monoisotopic (exact) mass is 232 g/mol. The second-order valence-corrected chi connectivity index (χ2v) is 5.43. The number of fused-ring (bicyclic) bond motifs is 1. The maximum Gasteiger partial charge on any atom is 0.223 e. The molecule has 0 saturated heterocycles. The van der Waals surface area contributed by atoms with Crippen molar-refractivity contribution in [1.29, 1.82) is 0 Å². The minimum Gasteiger partial charge on any atom is -0.399 e. The normalized spacial score (nSPS) is 18.4. The van der Waals surface area contributed by atoms with E-state index in [9.17, 15) is 4.79 Å². The summed E-state index contributed by atoms with van der Waals surface area (Å²) in [7, 11) is 0. The van der Waals surface area contributed by atoms with Gasteiger partial charge >= 0.3 is 0 Å². The maximum atomic E-state index is 11.7. The standard InChI is InChI=1S/C14H20N2O/c1-10(17)16-8-4-7-14(2,3)12-6-5-11(15)9-13(12)16/h5-6,9H,4,7-8,15H2,1-3H3. The quantitative estimate of drug-likeness (QED) is 0.699. The topological polar surface area (TPSA) is 46.3 Å². The third-order valence-corrected chi connectivity index (χ3v) is 3.61. The Balaban J connectivity index is 2.60. The number of anilines is 2. The van der Waals surface area contributed by atoms with Crippen LogP contribution < -0.4 is 10.6 Å². The minimum atomic E-state index is 0.0922. The van der Waals surface area contributed by atoms with E-state index < -0.39 is 0 Å². The summed E-state index contributed by atoms with van der Waals surface area (Å²) >= 11 is 0. The van der Waals surface area contributed by atoms with E-state index >= 15 is 0 Å². The van der Waals surface area contributed by atoms with Crippen LogP contribution in [0.25, 0.3) is 0 Å². The summed E-state index contributed by atoms with van der Waals surface area (Å²) in [6.07, 6.45) is 2.12. The first-order chi connectivity index (χ1) is 7.92. The van der Waals surface area contributed by atoms with Gasteiger partial charge < -0.3 is 10.6 Å². The van der Waals surface area contributed by atoms with Crippen molar-refractivity contribution in [2.75, 3.05) is 17.2 Å². The fourth-order valence-corrected chi connectivity index (χ4v) is 2.61. The Labute approximate surface area is 103 Å². The SMILES string of the molecule is CC(=O)N1CCCC(C)(C)c2ccc(N)cc21. The van der Waals surface area contributed by atoms with Crippen molar-refractivity contribution in [3.05, 3.63) is 23.8 Å². The van der Waals surface area contributed by atoms with Crippen molar-refractivity contribution in [3.8, 4) is 0 Å². The van der Waals surface area contributed by atoms with Gasteiger partial charge in [0.25, 0.3) is 0 Å². The van der Waals surface area contributed by atoms with E-state index in [0.29, 0.717) is 5.69 Å². The van der Waals surface area contributed by atoms with Gasteiger partial charge in [-0.2, -0.15) is 0 Å². The van der Waals surface area contributed by atoms with E-state index in [1.807, 2.05) is 17.0 Å². The fourth-order valence-electron chi connectivity index (χ4n) is 2.61.